The minimum Gasteiger partial charge on any atom is -0.462 e. The van der Waals surface area contributed by atoms with Gasteiger partial charge in [-0.1, -0.05) is 30.7 Å². The molecule has 0 spiro atoms. The number of thioether (sulfide) groups is 1. The van der Waals surface area contributed by atoms with Crippen molar-refractivity contribution < 1.29 is 23.9 Å². The molecule has 3 N–H and O–H groups in total. The zero-order valence-corrected chi connectivity index (χ0v) is 28.0. The van der Waals surface area contributed by atoms with E-state index >= 15 is 0 Å². The number of amides is 3. The van der Waals surface area contributed by atoms with Crippen LogP contribution in [0.3, 0.4) is 0 Å². The van der Waals surface area contributed by atoms with Crippen molar-refractivity contribution in [1.29, 1.82) is 0 Å². The molecule has 0 radical (unpaired) electrons. The maximum atomic E-state index is 13.4. The Morgan fingerprint density at radius 2 is 1.78 bits per heavy atom. The van der Waals surface area contributed by atoms with Gasteiger partial charge in [0, 0.05) is 21.0 Å². The van der Waals surface area contributed by atoms with Crippen molar-refractivity contribution >= 4 is 74.9 Å². The van der Waals surface area contributed by atoms with Crippen molar-refractivity contribution in [2.45, 2.75) is 56.1 Å². The highest BCUT2D eigenvalue weighted by Crippen LogP contribution is 2.38. The van der Waals surface area contributed by atoms with E-state index in [-0.39, 0.29) is 18.2 Å². The summed E-state index contributed by atoms with van der Waals surface area (Å²) in [7, 11) is 0. The van der Waals surface area contributed by atoms with Crippen molar-refractivity contribution in [3.8, 4) is 0 Å². The molecule has 0 aliphatic heterocycles. The second-order valence-electron chi connectivity index (χ2n) is 10.7. The number of hydrogen-bond donors (Lipinski definition) is 3. The number of carbonyl (C=O) groups is 4. The molecule has 46 heavy (non-hydrogen) atoms. The van der Waals surface area contributed by atoms with Gasteiger partial charge >= 0.3 is 5.97 Å². The predicted octanol–water partition coefficient (Wildman–Crippen LogP) is 7.78. The van der Waals surface area contributed by atoms with E-state index in [9.17, 15) is 19.2 Å². The number of fused-ring (bicyclic) bond motifs is 1. The van der Waals surface area contributed by atoms with Crippen LogP contribution >= 0.6 is 34.4 Å². The fourth-order valence-corrected chi connectivity index (χ4v) is 7.86. The fraction of sp³-hybridized carbons (Fsp3) is 0.257. The quantitative estimate of drug-likeness (QED) is 0.0649. The topological polar surface area (TPSA) is 114 Å². The molecule has 2 aromatic carbocycles. The largest absolute Gasteiger partial charge is 0.462 e. The highest BCUT2D eigenvalue weighted by Gasteiger charge is 2.28. The third-order valence-corrected chi connectivity index (χ3v) is 10.3. The number of aryl methyl sites for hydroxylation is 1. The molecule has 1 aliphatic carbocycles. The minimum absolute atomic E-state index is 0.102. The van der Waals surface area contributed by atoms with E-state index in [0.717, 1.165) is 53.0 Å². The molecule has 238 valence electrons. The first kappa shape index (κ1) is 33.2. The first-order chi connectivity index (χ1) is 22.3. The summed E-state index contributed by atoms with van der Waals surface area (Å²) in [6.45, 7) is 3.84. The lowest BCUT2D eigenvalue weighted by Crippen LogP contribution is -2.30. The van der Waals surface area contributed by atoms with Crippen molar-refractivity contribution in [2.75, 3.05) is 17.2 Å². The number of esters is 1. The average Bonchev–Trinajstić information content (AvgIpc) is 3.62. The fourth-order valence-electron chi connectivity index (χ4n) is 5.03. The molecule has 1 aliphatic rings. The number of rotatable bonds is 11. The minimum atomic E-state index is -0.498. The monoisotopic (exact) mass is 673 g/mol. The number of nitrogens with one attached hydrogen (secondary N) is 3. The predicted molar refractivity (Wildman–Crippen MR) is 187 cm³/mol. The van der Waals surface area contributed by atoms with E-state index in [4.69, 9.17) is 4.74 Å². The van der Waals surface area contributed by atoms with Gasteiger partial charge in [-0.3, -0.25) is 14.4 Å². The SMILES string of the molecule is CCOC(=O)c1c(NC(=O)C(C)Sc2cccc(NC(=O)/C(=C/c3ccsc3)NC(=O)c3ccccc3)c2)sc2c1CCCCC2. The van der Waals surface area contributed by atoms with Gasteiger partial charge in [0.15, 0.2) is 0 Å². The maximum Gasteiger partial charge on any atom is 0.341 e. The summed E-state index contributed by atoms with van der Waals surface area (Å²) in [6, 6.07) is 17.7. The highest BCUT2D eigenvalue weighted by atomic mass is 32.2. The molecular formula is C35H35N3O5S3. The van der Waals surface area contributed by atoms with E-state index in [1.807, 2.05) is 29.0 Å². The summed E-state index contributed by atoms with van der Waals surface area (Å²) in [5.41, 5.74) is 3.34. The molecule has 2 heterocycles. The third kappa shape index (κ3) is 8.54. The van der Waals surface area contributed by atoms with Gasteiger partial charge in [-0.15, -0.1) is 23.1 Å². The van der Waals surface area contributed by atoms with Crippen LogP contribution in [0.15, 0.2) is 82.0 Å². The number of carbonyl (C=O) groups excluding carboxylic acids is 4. The maximum absolute atomic E-state index is 13.4. The van der Waals surface area contributed by atoms with Crippen LogP contribution in [-0.4, -0.2) is 35.5 Å². The lowest BCUT2D eigenvalue weighted by Gasteiger charge is -2.14. The molecule has 0 bridgehead atoms. The van der Waals surface area contributed by atoms with Crippen LogP contribution < -0.4 is 16.0 Å². The van der Waals surface area contributed by atoms with Crippen molar-refractivity contribution in [3.63, 3.8) is 0 Å². The molecule has 8 nitrogen and oxygen atoms in total. The van der Waals surface area contributed by atoms with Crippen molar-refractivity contribution in [1.82, 2.24) is 5.32 Å². The molecule has 0 saturated carbocycles. The van der Waals surface area contributed by atoms with Crippen LogP contribution in [0.5, 0.6) is 0 Å². The van der Waals surface area contributed by atoms with Gasteiger partial charge in [0.1, 0.15) is 10.7 Å². The van der Waals surface area contributed by atoms with E-state index in [0.29, 0.717) is 21.8 Å². The van der Waals surface area contributed by atoms with Gasteiger partial charge in [-0.25, -0.2) is 4.79 Å². The lowest BCUT2D eigenvalue weighted by molar-refractivity contribution is -0.115. The third-order valence-electron chi connectivity index (χ3n) is 7.29. The molecule has 3 amide bonds. The van der Waals surface area contributed by atoms with E-state index in [1.54, 1.807) is 62.4 Å². The Labute approximate surface area is 280 Å². The van der Waals surface area contributed by atoms with Gasteiger partial charge in [0.2, 0.25) is 5.91 Å². The summed E-state index contributed by atoms with van der Waals surface area (Å²) >= 11 is 4.30. The number of hydrogen-bond acceptors (Lipinski definition) is 8. The Bertz CT molecular complexity index is 1730. The van der Waals surface area contributed by atoms with E-state index < -0.39 is 23.0 Å². The Hall–Kier alpha value is -4.19. The van der Waals surface area contributed by atoms with Crippen LogP contribution in [0.1, 0.15) is 69.8 Å². The summed E-state index contributed by atoms with van der Waals surface area (Å²) in [5.74, 6) is -1.50. The zero-order valence-electron chi connectivity index (χ0n) is 25.6. The Kier molecular flexibility index (Phi) is 11.5. The van der Waals surface area contributed by atoms with Crippen LogP contribution in [0.2, 0.25) is 0 Å². The lowest BCUT2D eigenvalue weighted by atomic mass is 10.1. The Morgan fingerprint density at radius 1 is 0.978 bits per heavy atom. The van der Waals surface area contributed by atoms with Crippen molar-refractivity contribution in [2.24, 2.45) is 0 Å². The standard InChI is InChI=1S/C35H35N3O5S3/c1-3-43-35(42)30-27-15-8-5-9-16-29(27)46-34(30)38-31(39)22(2)45-26-14-10-13-25(20-26)36-33(41)28(19-23-17-18-44-21-23)37-32(40)24-11-6-4-7-12-24/h4,6-7,10-14,17-22H,3,5,8-9,15-16H2,1-2H3,(H,36,41)(H,37,40)(H,38,39)/b28-19-. The van der Waals surface area contributed by atoms with Gasteiger partial charge in [0.05, 0.1) is 17.4 Å². The molecule has 0 saturated heterocycles. The number of thiophene rings is 2. The summed E-state index contributed by atoms with van der Waals surface area (Å²) in [4.78, 5) is 54.5. The Morgan fingerprint density at radius 3 is 2.54 bits per heavy atom. The number of benzene rings is 2. The smallest absolute Gasteiger partial charge is 0.341 e. The molecular weight excluding hydrogens is 639 g/mol. The molecule has 5 rings (SSSR count). The number of ether oxygens (including phenoxy) is 1. The van der Waals surface area contributed by atoms with E-state index in [2.05, 4.69) is 16.0 Å². The molecule has 0 fully saturated rings. The second kappa shape index (κ2) is 15.9. The second-order valence-corrected chi connectivity index (χ2v) is 14.0. The molecule has 4 aromatic rings. The van der Waals surface area contributed by atoms with Crippen LogP contribution in [0.4, 0.5) is 10.7 Å². The van der Waals surface area contributed by atoms with Crippen LogP contribution in [-0.2, 0) is 27.2 Å². The Balaban J connectivity index is 1.27. The van der Waals surface area contributed by atoms with Gasteiger partial charge in [-0.05, 0) is 104 Å². The van der Waals surface area contributed by atoms with Gasteiger partial charge < -0.3 is 20.7 Å². The normalized spacial score (nSPS) is 13.6. The molecule has 1 atom stereocenters. The van der Waals surface area contributed by atoms with Crippen LogP contribution in [0, 0.1) is 0 Å². The van der Waals surface area contributed by atoms with Crippen molar-refractivity contribution in [3.05, 3.63) is 104 Å². The molecule has 2 aromatic heterocycles. The average molecular weight is 674 g/mol. The van der Waals surface area contributed by atoms with Crippen LogP contribution in [0.25, 0.3) is 6.08 Å². The summed E-state index contributed by atoms with van der Waals surface area (Å²) in [6.07, 6.45) is 6.52. The first-order valence-corrected chi connectivity index (χ1v) is 17.8. The summed E-state index contributed by atoms with van der Waals surface area (Å²) < 4.78 is 5.36. The van der Waals surface area contributed by atoms with E-state index in [1.165, 1.54) is 34.4 Å². The zero-order chi connectivity index (χ0) is 32.5. The highest BCUT2D eigenvalue weighted by molar-refractivity contribution is 8.00. The number of anilines is 2. The van der Waals surface area contributed by atoms with Gasteiger partial charge in [-0.2, -0.15) is 11.3 Å². The molecule has 11 heteroatoms. The van der Waals surface area contributed by atoms with Gasteiger partial charge in [0.25, 0.3) is 11.8 Å². The molecule has 1 unspecified atom stereocenters. The summed E-state index contributed by atoms with van der Waals surface area (Å²) in [5, 5.41) is 12.4. The first-order valence-electron chi connectivity index (χ1n) is 15.1.